The van der Waals surface area contributed by atoms with Crippen LogP contribution in [0.25, 0.3) is 0 Å². The van der Waals surface area contributed by atoms with Gasteiger partial charge in [0.05, 0.1) is 30.5 Å². The summed E-state index contributed by atoms with van der Waals surface area (Å²) in [6, 6.07) is 7.14. The summed E-state index contributed by atoms with van der Waals surface area (Å²) in [7, 11) is 1.47. The van der Waals surface area contributed by atoms with E-state index in [1.54, 1.807) is 13.0 Å². The fourth-order valence-electron chi connectivity index (χ4n) is 2.14. The Labute approximate surface area is 158 Å². The molecular formula is C18H16ClF3N2O3. The van der Waals surface area contributed by atoms with Crippen molar-refractivity contribution in [1.82, 2.24) is 5.43 Å². The second kappa shape index (κ2) is 8.77. The zero-order valence-electron chi connectivity index (χ0n) is 14.4. The van der Waals surface area contributed by atoms with E-state index in [-0.39, 0.29) is 5.56 Å². The number of benzene rings is 2. The SMILES string of the molecule is CCOc1cc(/C=N\NC(=O)c2cccc(C(F)(F)F)c2)c(Cl)cc1OC. The van der Waals surface area contributed by atoms with Crippen LogP contribution in [0, 0.1) is 0 Å². The van der Waals surface area contributed by atoms with Gasteiger partial charge in [-0.25, -0.2) is 5.43 Å². The Morgan fingerprint density at radius 3 is 2.63 bits per heavy atom. The maximum Gasteiger partial charge on any atom is 0.416 e. The van der Waals surface area contributed by atoms with Gasteiger partial charge in [0.2, 0.25) is 0 Å². The Hall–Kier alpha value is -2.74. The van der Waals surface area contributed by atoms with Gasteiger partial charge in [0.1, 0.15) is 0 Å². The van der Waals surface area contributed by atoms with Crippen LogP contribution < -0.4 is 14.9 Å². The smallest absolute Gasteiger partial charge is 0.416 e. The molecular weight excluding hydrogens is 385 g/mol. The number of alkyl halides is 3. The standard InChI is InChI=1S/C18H16ClF3N2O3/c1-3-27-16-8-12(14(19)9-15(16)26-2)10-23-24-17(25)11-5-4-6-13(7-11)18(20,21)22/h4-10H,3H2,1-2H3,(H,24,25)/b23-10-. The Balaban J connectivity index is 2.15. The number of halogens is 4. The van der Waals surface area contributed by atoms with Gasteiger partial charge < -0.3 is 9.47 Å². The van der Waals surface area contributed by atoms with Gasteiger partial charge in [-0.3, -0.25) is 4.79 Å². The number of amides is 1. The molecule has 0 unspecified atom stereocenters. The van der Waals surface area contributed by atoms with E-state index in [0.29, 0.717) is 28.7 Å². The third kappa shape index (κ3) is 5.37. The summed E-state index contributed by atoms with van der Waals surface area (Å²) in [6.07, 6.45) is -3.28. The molecule has 2 aromatic carbocycles. The molecule has 144 valence electrons. The molecule has 0 bridgehead atoms. The molecule has 0 spiro atoms. The minimum Gasteiger partial charge on any atom is -0.493 e. The number of methoxy groups -OCH3 is 1. The summed E-state index contributed by atoms with van der Waals surface area (Å²) in [6.45, 7) is 2.21. The van der Waals surface area contributed by atoms with Crippen LogP contribution >= 0.6 is 11.6 Å². The molecule has 1 N–H and O–H groups in total. The van der Waals surface area contributed by atoms with E-state index in [1.165, 1.54) is 25.5 Å². The van der Waals surface area contributed by atoms with Crippen molar-refractivity contribution in [2.75, 3.05) is 13.7 Å². The van der Waals surface area contributed by atoms with Gasteiger partial charge in [0.15, 0.2) is 11.5 Å². The zero-order valence-corrected chi connectivity index (χ0v) is 15.2. The first kappa shape index (κ1) is 20.6. The van der Waals surface area contributed by atoms with Crippen molar-refractivity contribution in [2.24, 2.45) is 5.10 Å². The van der Waals surface area contributed by atoms with Crippen molar-refractivity contribution in [2.45, 2.75) is 13.1 Å². The van der Waals surface area contributed by atoms with E-state index in [1.807, 2.05) is 0 Å². The summed E-state index contributed by atoms with van der Waals surface area (Å²) < 4.78 is 48.7. The molecule has 2 aromatic rings. The summed E-state index contributed by atoms with van der Waals surface area (Å²) in [5.74, 6) is 0.0917. The van der Waals surface area contributed by atoms with Gasteiger partial charge in [-0.2, -0.15) is 18.3 Å². The first-order valence-corrected chi connectivity index (χ1v) is 8.15. The highest BCUT2D eigenvalue weighted by atomic mass is 35.5. The molecule has 0 aliphatic carbocycles. The quantitative estimate of drug-likeness (QED) is 0.572. The lowest BCUT2D eigenvalue weighted by molar-refractivity contribution is -0.137. The Kier molecular flexibility index (Phi) is 6.68. The Morgan fingerprint density at radius 2 is 2.00 bits per heavy atom. The third-order valence-electron chi connectivity index (χ3n) is 3.40. The number of carbonyl (C=O) groups excluding carboxylic acids is 1. The molecule has 0 aromatic heterocycles. The number of carbonyl (C=O) groups is 1. The first-order chi connectivity index (χ1) is 12.8. The minimum absolute atomic E-state index is 0.169. The molecule has 0 saturated heterocycles. The van der Waals surface area contributed by atoms with Crippen molar-refractivity contribution in [3.05, 3.63) is 58.1 Å². The number of nitrogens with zero attached hydrogens (tertiary/aromatic N) is 1. The summed E-state index contributed by atoms with van der Waals surface area (Å²) in [4.78, 5) is 12.0. The second-order valence-electron chi connectivity index (χ2n) is 5.24. The minimum atomic E-state index is -4.54. The summed E-state index contributed by atoms with van der Waals surface area (Å²) in [5, 5.41) is 4.04. The maximum absolute atomic E-state index is 12.7. The molecule has 0 radical (unpaired) electrons. The molecule has 1 amide bonds. The molecule has 27 heavy (non-hydrogen) atoms. The lowest BCUT2D eigenvalue weighted by Gasteiger charge is -2.11. The fraction of sp³-hybridized carbons (Fsp3) is 0.222. The normalized spacial score (nSPS) is 11.5. The molecule has 2 rings (SSSR count). The molecule has 0 aliphatic heterocycles. The molecule has 0 saturated carbocycles. The Morgan fingerprint density at radius 1 is 1.26 bits per heavy atom. The monoisotopic (exact) mass is 400 g/mol. The number of hydrazone groups is 1. The Bertz CT molecular complexity index is 854. The van der Waals surface area contributed by atoms with Crippen LogP contribution in [0.2, 0.25) is 5.02 Å². The predicted molar refractivity (Wildman–Crippen MR) is 95.7 cm³/mol. The third-order valence-corrected chi connectivity index (χ3v) is 3.73. The van der Waals surface area contributed by atoms with E-state index in [4.69, 9.17) is 21.1 Å². The number of nitrogens with one attached hydrogen (secondary N) is 1. The largest absolute Gasteiger partial charge is 0.493 e. The highest BCUT2D eigenvalue weighted by Crippen LogP contribution is 2.32. The van der Waals surface area contributed by atoms with Crippen LogP contribution in [-0.4, -0.2) is 25.8 Å². The zero-order chi connectivity index (χ0) is 20.0. The average Bonchev–Trinajstić information content (AvgIpc) is 2.63. The lowest BCUT2D eigenvalue weighted by atomic mass is 10.1. The number of ether oxygens (including phenoxy) is 2. The first-order valence-electron chi connectivity index (χ1n) is 7.77. The van der Waals surface area contributed by atoms with Gasteiger partial charge in [-0.1, -0.05) is 17.7 Å². The van der Waals surface area contributed by atoms with E-state index >= 15 is 0 Å². The highest BCUT2D eigenvalue weighted by Gasteiger charge is 2.30. The van der Waals surface area contributed by atoms with E-state index in [2.05, 4.69) is 10.5 Å². The average molecular weight is 401 g/mol. The van der Waals surface area contributed by atoms with Crippen LogP contribution in [0.3, 0.4) is 0 Å². The number of hydrogen-bond acceptors (Lipinski definition) is 4. The topological polar surface area (TPSA) is 59.9 Å². The van der Waals surface area contributed by atoms with Gasteiger partial charge in [0, 0.05) is 17.2 Å². The van der Waals surface area contributed by atoms with Gasteiger partial charge >= 0.3 is 6.18 Å². The van der Waals surface area contributed by atoms with Gasteiger partial charge in [0.25, 0.3) is 5.91 Å². The van der Waals surface area contributed by atoms with Gasteiger partial charge in [-0.15, -0.1) is 0 Å². The molecule has 9 heteroatoms. The number of hydrogen-bond donors (Lipinski definition) is 1. The molecule has 0 aliphatic rings. The van der Waals surface area contributed by atoms with Crippen LogP contribution in [-0.2, 0) is 6.18 Å². The maximum atomic E-state index is 12.7. The van der Waals surface area contributed by atoms with Crippen LogP contribution in [0.15, 0.2) is 41.5 Å². The van der Waals surface area contributed by atoms with E-state index in [9.17, 15) is 18.0 Å². The van der Waals surface area contributed by atoms with Crippen LogP contribution in [0.1, 0.15) is 28.4 Å². The van der Waals surface area contributed by atoms with Crippen molar-refractivity contribution in [3.8, 4) is 11.5 Å². The highest BCUT2D eigenvalue weighted by molar-refractivity contribution is 6.33. The van der Waals surface area contributed by atoms with E-state index in [0.717, 1.165) is 18.2 Å². The molecule has 0 atom stereocenters. The van der Waals surface area contributed by atoms with Gasteiger partial charge in [-0.05, 0) is 31.2 Å². The number of rotatable bonds is 6. The fourth-order valence-corrected chi connectivity index (χ4v) is 2.34. The van der Waals surface area contributed by atoms with Crippen molar-refractivity contribution >= 4 is 23.7 Å². The van der Waals surface area contributed by atoms with Crippen LogP contribution in [0.5, 0.6) is 11.5 Å². The van der Waals surface area contributed by atoms with Crippen molar-refractivity contribution in [1.29, 1.82) is 0 Å². The summed E-state index contributed by atoms with van der Waals surface area (Å²) in [5.41, 5.74) is 1.51. The van der Waals surface area contributed by atoms with Crippen molar-refractivity contribution < 1.29 is 27.4 Å². The summed E-state index contributed by atoms with van der Waals surface area (Å²) >= 11 is 6.12. The van der Waals surface area contributed by atoms with Crippen LogP contribution in [0.4, 0.5) is 13.2 Å². The molecule has 0 fully saturated rings. The second-order valence-corrected chi connectivity index (χ2v) is 5.64. The van der Waals surface area contributed by atoms with E-state index < -0.39 is 17.6 Å². The predicted octanol–water partition coefficient (Wildman–Crippen LogP) is 4.53. The molecule has 0 heterocycles. The lowest BCUT2D eigenvalue weighted by Crippen LogP contribution is -2.18. The van der Waals surface area contributed by atoms with Crippen molar-refractivity contribution in [3.63, 3.8) is 0 Å². The molecule has 5 nitrogen and oxygen atoms in total.